The van der Waals surface area contributed by atoms with E-state index in [-0.39, 0.29) is 35.6 Å². The second-order valence-corrected chi connectivity index (χ2v) is 10.1. The molecule has 1 saturated carbocycles. The van der Waals surface area contributed by atoms with Crippen molar-refractivity contribution < 1.29 is 24.2 Å². The third kappa shape index (κ3) is 7.65. The summed E-state index contributed by atoms with van der Waals surface area (Å²) in [6.45, 7) is 12.8. The van der Waals surface area contributed by atoms with Crippen LogP contribution in [0.3, 0.4) is 0 Å². The zero-order valence-electron chi connectivity index (χ0n) is 20.8. The molecule has 0 aromatic heterocycles. The molecular formula is C25H39N3O5. The highest BCUT2D eigenvalue weighted by atomic mass is 16.6. The number of carbonyl (C=O) groups excluding carboxylic acids is 3. The quantitative estimate of drug-likeness (QED) is 0.517. The molecule has 3 atom stereocenters. The average molecular weight is 462 g/mol. The second-order valence-electron chi connectivity index (χ2n) is 10.1. The van der Waals surface area contributed by atoms with Gasteiger partial charge in [0.15, 0.2) is 0 Å². The van der Waals surface area contributed by atoms with Crippen molar-refractivity contribution in [2.45, 2.75) is 97.5 Å². The lowest BCUT2D eigenvalue weighted by Gasteiger charge is -2.36. The fourth-order valence-corrected chi connectivity index (χ4v) is 3.65. The van der Waals surface area contributed by atoms with Crippen molar-refractivity contribution in [2.24, 2.45) is 5.92 Å². The number of ether oxygens (including phenoxy) is 1. The highest BCUT2D eigenvalue weighted by molar-refractivity contribution is 5.93. The van der Waals surface area contributed by atoms with Gasteiger partial charge in [0.2, 0.25) is 11.8 Å². The van der Waals surface area contributed by atoms with Gasteiger partial charge in [0.05, 0.1) is 0 Å². The number of hydrogen-bond donors (Lipinski definition) is 3. The fourth-order valence-electron chi connectivity index (χ4n) is 3.65. The van der Waals surface area contributed by atoms with Crippen LogP contribution >= 0.6 is 0 Å². The molecule has 0 bridgehead atoms. The molecule has 184 valence electrons. The number of aromatic hydroxyl groups is 1. The van der Waals surface area contributed by atoms with Crippen LogP contribution in [0.25, 0.3) is 0 Å². The zero-order valence-corrected chi connectivity index (χ0v) is 20.8. The van der Waals surface area contributed by atoms with Crippen LogP contribution in [0.1, 0.15) is 79.3 Å². The Labute approximate surface area is 197 Å². The zero-order chi connectivity index (χ0) is 24.9. The first kappa shape index (κ1) is 26.5. The molecule has 0 radical (unpaired) electrons. The number of amides is 3. The Morgan fingerprint density at radius 3 is 2.27 bits per heavy atom. The molecule has 8 heteroatoms. The maximum Gasteiger partial charge on any atom is 0.408 e. The lowest BCUT2D eigenvalue weighted by atomic mass is 9.95. The van der Waals surface area contributed by atoms with Crippen LogP contribution in [0.5, 0.6) is 5.75 Å². The van der Waals surface area contributed by atoms with Crippen LogP contribution in [-0.4, -0.2) is 51.6 Å². The van der Waals surface area contributed by atoms with Gasteiger partial charge in [-0.2, -0.15) is 0 Å². The van der Waals surface area contributed by atoms with E-state index in [9.17, 15) is 19.5 Å². The Balaban J connectivity index is 2.45. The number of nitrogens with one attached hydrogen (secondary N) is 2. The van der Waals surface area contributed by atoms with Crippen LogP contribution in [0.2, 0.25) is 0 Å². The Bertz CT molecular complexity index is 845. The summed E-state index contributed by atoms with van der Waals surface area (Å²) in [6.07, 6.45) is 1.53. The summed E-state index contributed by atoms with van der Waals surface area (Å²) in [5, 5.41) is 15.7. The Hall–Kier alpha value is -2.77. The molecule has 0 heterocycles. The van der Waals surface area contributed by atoms with Gasteiger partial charge >= 0.3 is 6.09 Å². The molecule has 0 saturated heterocycles. The Morgan fingerprint density at radius 1 is 1.15 bits per heavy atom. The number of carbonyl (C=O) groups is 3. The minimum absolute atomic E-state index is 0.0170. The molecule has 3 unspecified atom stereocenters. The maximum absolute atomic E-state index is 13.9. The normalized spacial score (nSPS) is 16.5. The van der Waals surface area contributed by atoms with Gasteiger partial charge in [0, 0.05) is 12.1 Å². The van der Waals surface area contributed by atoms with E-state index in [0.717, 1.165) is 12.8 Å². The van der Waals surface area contributed by atoms with Crippen molar-refractivity contribution in [3.05, 3.63) is 29.8 Å². The van der Waals surface area contributed by atoms with E-state index in [1.54, 1.807) is 37.8 Å². The largest absolute Gasteiger partial charge is 0.508 e. The summed E-state index contributed by atoms with van der Waals surface area (Å²) in [6, 6.07) is 4.40. The van der Waals surface area contributed by atoms with Crippen LogP contribution in [-0.2, 0) is 14.3 Å². The number of alkyl carbamates (subject to hydrolysis) is 1. The van der Waals surface area contributed by atoms with E-state index in [1.165, 1.54) is 12.1 Å². The number of phenolic OH excluding ortho intramolecular Hbond substituents is 1. The molecule has 3 N–H and O–H groups in total. The monoisotopic (exact) mass is 461 g/mol. The summed E-state index contributed by atoms with van der Waals surface area (Å²) < 4.78 is 5.40. The SMILES string of the molecule is CCC(C)C(NC(=O)OC(C)(C)C)C(=O)N(C1CC1)C(C(=O)NC(C)C)c1cccc(O)c1. The Kier molecular flexibility index (Phi) is 8.75. The summed E-state index contributed by atoms with van der Waals surface area (Å²) in [5.74, 6) is -0.811. The van der Waals surface area contributed by atoms with E-state index < -0.39 is 23.8 Å². The summed E-state index contributed by atoms with van der Waals surface area (Å²) in [4.78, 5) is 41.4. The number of hydrogen-bond acceptors (Lipinski definition) is 5. The minimum Gasteiger partial charge on any atom is -0.508 e. The molecule has 0 aliphatic heterocycles. The van der Waals surface area contributed by atoms with Gasteiger partial charge in [-0.05, 0) is 71.1 Å². The lowest BCUT2D eigenvalue weighted by molar-refractivity contribution is -0.144. The second kappa shape index (κ2) is 10.9. The van der Waals surface area contributed by atoms with Crippen molar-refractivity contribution in [1.82, 2.24) is 15.5 Å². The smallest absolute Gasteiger partial charge is 0.408 e. The molecule has 1 fully saturated rings. The van der Waals surface area contributed by atoms with Gasteiger partial charge in [-0.1, -0.05) is 32.4 Å². The van der Waals surface area contributed by atoms with Gasteiger partial charge in [-0.3, -0.25) is 9.59 Å². The van der Waals surface area contributed by atoms with Gasteiger partial charge < -0.3 is 25.4 Å². The topological polar surface area (TPSA) is 108 Å². The Morgan fingerprint density at radius 2 is 1.79 bits per heavy atom. The summed E-state index contributed by atoms with van der Waals surface area (Å²) in [5.41, 5.74) is -0.182. The molecule has 33 heavy (non-hydrogen) atoms. The van der Waals surface area contributed by atoms with Gasteiger partial charge in [0.1, 0.15) is 23.4 Å². The van der Waals surface area contributed by atoms with Gasteiger partial charge in [0.25, 0.3) is 0 Å². The molecule has 1 aromatic rings. The van der Waals surface area contributed by atoms with Crippen molar-refractivity contribution >= 4 is 17.9 Å². The molecule has 2 rings (SSSR count). The van der Waals surface area contributed by atoms with Crippen LogP contribution in [0, 0.1) is 5.92 Å². The average Bonchev–Trinajstić information content (AvgIpc) is 3.52. The first-order chi connectivity index (χ1) is 15.3. The standard InChI is InChI=1S/C25H39N3O5/c1-8-16(4)20(27-24(32)33-25(5,6)7)23(31)28(18-12-13-18)21(22(30)26-15(2)3)17-10-9-11-19(29)14-17/h9-11,14-16,18,20-21,29H,8,12-13H2,1-7H3,(H,26,30)(H,27,32). The van der Waals surface area contributed by atoms with E-state index in [0.29, 0.717) is 12.0 Å². The molecule has 1 aliphatic carbocycles. The van der Waals surface area contributed by atoms with Crippen molar-refractivity contribution in [3.63, 3.8) is 0 Å². The third-order valence-corrected chi connectivity index (χ3v) is 5.49. The highest BCUT2D eigenvalue weighted by Crippen LogP contribution is 2.37. The van der Waals surface area contributed by atoms with E-state index in [4.69, 9.17) is 4.74 Å². The molecular weight excluding hydrogens is 422 g/mol. The van der Waals surface area contributed by atoms with E-state index in [2.05, 4.69) is 10.6 Å². The lowest BCUT2D eigenvalue weighted by Crippen LogP contribution is -2.56. The van der Waals surface area contributed by atoms with Crippen molar-refractivity contribution in [2.75, 3.05) is 0 Å². The van der Waals surface area contributed by atoms with E-state index >= 15 is 0 Å². The van der Waals surface area contributed by atoms with Crippen molar-refractivity contribution in [1.29, 1.82) is 0 Å². The summed E-state index contributed by atoms with van der Waals surface area (Å²) in [7, 11) is 0. The predicted molar refractivity (Wildman–Crippen MR) is 127 cm³/mol. The first-order valence-corrected chi connectivity index (χ1v) is 11.7. The predicted octanol–water partition coefficient (Wildman–Crippen LogP) is 3.89. The van der Waals surface area contributed by atoms with Gasteiger partial charge in [-0.25, -0.2) is 4.79 Å². The van der Waals surface area contributed by atoms with Gasteiger partial charge in [-0.15, -0.1) is 0 Å². The minimum atomic E-state index is -0.925. The highest BCUT2D eigenvalue weighted by Gasteiger charge is 2.45. The number of nitrogens with zero attached hydrogens (tertiary/aromatic N) is 1. The van der Waals surface area contributed by atoms with Crippen LogP contribution in [0.4, 0.5) is 4.79 Å². The molecule has 0 spiro atoms. The molecule has 1 aromatic carbocycles. The third-order valence-electron chi connectivity index (χ3n) is 5.49. The van der Waals surface area contributed by atoms with Crippen molar-refractivity contribution in [3.8, 4) is 5.75 Å². The maximum atomic E-state index is 13.9. The number of benzene rings is 1. The fraction of sp³-hybridized carbons (Fsp3) is 0.640. The molecule has 3 amide bonds. The first-order valence-electron chi connectivity index (χ1n) is 11.7. The van der Waals surface area contributed by atoms with Crippen LogP contribution < -0.4 is 10.6 Å². The number of phenols is 1. The summed E-state index contributed by atoms with van der Waals surface area (Å²) >= 11 is 0. The van der Waals surface area contributed by atoms with E-state index in [1.807, 2.05) is 27.7 Å². The van der Waals surface area contributed by atoms with Crippen LogP contribution in [0.15, 0.2) is 24.3 Å². The molecule has 8 nitrogen and oxygen atoms in total. The molecule has 1 aliphatic rings. The number of rotatable bonds is 9.